The molecule has 2 N–H and O–H groups in total. The zero-order chi connectivity index (χ0) is 12.3. The molecule has 0 aromatic carbocycles. The molecule has 1 atom stereocenters. The molecule has 2 rings (SSSR count). The molecule has 17 heavy (non-hydrogen) atoms. The fourth-order valence-corrected chi connectivity index (χ4v) is 1.80. The van der Waals surface area contributed by atoms with Gasteiger partial charge in [-0.05, 0) is 19.0 Å². The molecule has 5 nitrogen and oxygen atoms in total. The van der Waals surface area contributed by atoms with Crippen LogP contribution in [0.5, 0.6) is 0 Å². The smallest absolute Gasteiger partial charge is 0.223 e. The first kappa shape index (κ1) is 12.1. The van der Waals surface area contributed by atoms with Gasteiger partial charge in [-0.2, -0.15) is 0 Å². The van der Waals surface area contributed by atoms with E-state index in [1.54, 1.807) is 6.20 Å². The highest BCUT2D eigenvalue weighted by atomic mass is 16.4. The number of carbonyl (C=O) groups is 1. The normalized spacial score (nSPS) is 17.5. The maximum Gasteiger partial charge on any atom is 0.223 e. The minimum Gasteiger partial charge on any atom is -0.444 e. The van der Waals surface area contributed by atoms with Crippen molar-refractivity contribution in [3.05, 3.63) is 17.8 Å². The van der Waals surface area contributed by atoms with Gasteiger partial charge in [0, 0.05) is 12.3 Å². The number of aryl methyl sites for hydroxylation is 1. The van der Waals surface area contributed by atoms with Gasteiger partial charge in [0.15, 0.2) is 0 Å². The van der Waals surface area contributed by atoms with Crippen LogP contribution >= 0.6 is 0 Å². The zero-order valence-corrected chi connectivity index (χ0v) is 10.3. The standard InChI is InChI=1S/C12H19N3O2/c1-3-10-6-14-11(17-10)7-15-12(16)8(2)9-4-13-5-9/h6,8-9,13H,3-5,7H2,1-2H3,(H,15,16). The van der Waals surface area contributed by atoms with E-state index >= 15 is 0 Å². The fourth-order valence-electron chi connectivity index (χ4n) is 1.80. The van der Waals surface area contributed by atoms with Gasteiger partial charge in [-0.25, -0.2) is 4.98 Å². The Bertz CT molecular complexity index is 385. The first-order valence-electron chi connectivity index (χ1n) is 6.12. The summed E-state index contributed by atoms with van der Waals surface area (Å²) in [5, 5.41) is 6.03. The molecule has 1 unspecified atom stereocenters. The molecule has 1 aliphatic heterocycles. The molecule has 1 fully saturated rings. The average Bonchev–Trinajstić information content (AvgIpc) is 2.71. The number of carbonyl (C=O) groups excluding carboxylic acids is 1. The van der Waals surface area contributed by atoms with Crippen molar-refractivity contribution in [2.75, 3.05) is 13.1 Å². The van der Waals surface area contributed by atoms with Crippen molar-refractivity contribution in [2.24, 2.45) is 11.8 Å². The Labute approximate surface area is 101 Å². The van der Waals surface area contributed by atoms with Gasteiger partial charge < -0.3 is 15.1 Å². The number of nitrogens with one attached hydrogen (secondary N) is 2. The Morgan fingerprint density at radius 2 is 2.47 bits per heavy atom. The topological polar surface area (TPSA) is 67.2 Å². The predicted octanol–water partition coefficient (Wildman–Crippen LogP) is 0.709. The first-order valence-corrected chi connectivity index (χ1v) is 6.12. The third-order valence-corrected chi connectivity index (χ3v) is 3.30. The van der Waals surface area contributed by atoms with Crippen molar-refractivity contribution >= 4 is 5.91 Å². The van der Waals surface area contributed by atoms with Gasteiger partial charge in [0.25, 0.3) is 0 Å². The maximum atomic E-state index is 11.8. The van der Waals surface area contributed by atoms with Crippen molar-refractivity contribution in [2.45, 2.75) is 26.8 Å². The molecule has 0 radical (unpaired) electrons. The summed E-state index contributed by atoms with van der Waals surface area (Å²) >= 11 is 0. The molecule has 1 aromatic heterocycles. The van der Waals surface area contributed by atoms with Gasteiger partial charge >= 0.3 is 0 Å². The predicted molar refractivity (Wildman–Crippen MR) is 63.3 cm³/mol. The highest BCUT2D eigenvalue weighted by Gasteiger charge is 2.28. The summed E-state index contributed by atoms with van der Waals surface area (Å²) in [6, 6.07) is 0. The molecule has 94 valence electrons. The van der Waals surface area contributed by atoms with Gasteiger partial charge in [0.1, 0.15) is 5.76 Å². The maximum absolute atomic E-state index is 11.8. The lowest BCUT2D eigenvalue weighted by molar-refractivity contribution is -0.127. The Morgan fingerprint density at radius 1 is 1.71 bits per heavy atom. The van der Waals surface area contributed by atoms with Crippen LogP contribution in [0.2, 0.25) is 0 Å². The van der Waals surface area contributed by atoms with E-state index in [0.29, 0.717) is 18.4 Å². The Morgan fingerprint density at radius 3 is 3.00 bits per heavy atom. The van der Waals surface area contributed by atoms with Crippen LogP contribution in [0.3, 0.4) is 0 Å². The Kier molecular flexibility index (Phi) is 3.78. The number of hydrogen-bond donors (Lipinski definition) is 2. The van der Waals surface area contributed by atoms with E-state index < -0.39 is 0 Å². The van der Waals surface area contributed by atoms with Crippen LogP contribution in [0.25, 0.3) is 0 Å². The number of oxazole rings is 1. The molecule has 0 saturated carbocycles. The van der Waals surface area contributed by atoms with Gasteiger partial charge in [-0.3, -0.25) is 4.79 Å². The molecular weight excluding hydrogens is 218 g/mol. The lowest BCUT2D eigenvalue weighted by Crippen LogP contribution is -2.49. The van der Waals surface area contributed by atoms with Crippen LogP contribution in [-0.4, -0.2) is 24.0 Å². The largest absolute Gasteiger partial charge is 0.444 e. The number of aromatic nitrogens is 1. The SMILES string of the molecule is CCc1cnc(CNC(=O)C(C)C2CNC2)o1. The van der Waals surface area contributed by atoms with E-state index in [4.69, 9.17) is 4.42 Å². The Hall–Kier alpha value is -1.36. The minimum absolute atomic E-state index is 0.0526. The average molecular weight is 237 g/mol. The summed E-state index contributed by atoms with van der Waals surface area (Å²) in [7, 11) is 0. The quantitative estimate of drug-likeness (QED) is 0.791. The van der Waals surface area contributed by atoms with Crippen molar-refractivity contribution in [3.63, 3.8) is 0 Å². The molecule has 2 heterocycles. The molecule has 1 amide bonds. The fraction of sp³-hybridized carbons (Fsp3) is 0.667. The van der Waals surface area contributed by atoms with Gasteiger partial charge in [0.2, 0.25) is 11.8 Å². The number of rotatable bonds is 5. The first-order chi connectivity index (χ1) is 8.20. The van der Waals surface area contributed by atoms with Crippen LogP contribution in [0.4, 0.5) is 0 Å². The van der Waals surface area contributed by atoms with E-state index in [2.05, 4.69) is 15.6 Å². The summed E-state index contributed by atoms with van der Waals surface area (Å²) in [5.74, 6) is 2.02. The molecule has 1 aromatic rings. The third kappa shape index (κ3) is 2.85. The van der Waals surface area contributed by atoms with Crippen molar-refractivity contribution < 1.29 is 9.21 Å². The van der Waals surface area contributed by atoms with E-state index in [9.17, 15) is 4.79 Å². The number of amides is 1. The molecule has 1 aliphatic rings. The van der Waals surface area contributed by atoms with Crippen molar-refractivity contribution in [3.8, 4) is 0 Å². The molecular formula is C12H19N3O2. The van der Waals surface area contributed by atoms with Crippen LogP contribution in [0.15, 0.2) is 10.6 Å². The van der Waals surface area contributed by atoms with Crippen LogP contribution in [0, 0.1) is 11.8 Å². The van der Waals surface area contributed by atoms with E-state index in [0.717, 1.165) is 25.3 Å². The van der Waals surface area contributed by atoms with E-state index in [-0.39, 0.29) is 11.8 Å². The van der Waals surface area contributed by atoms with Gasteiger partial charge in [-0.1, -0.05) is 13.8 Å². The minimum atomic E-state index is 0.0526. The van der Waals surface area contributed by atoms with E-state index in [1.807, 2.05) is 13.8 Å². The van der Waals surface area contributed by atoms with Crippen LogP contribution in [0.1, 0.15) is 25.5 Å². The second-order valence-corrected chi connectivity index (χ2v) is 4.50. The molecule has 5 heteroatoms. The molecule has 0 bridgehead atoms. The number of nitrogens with zero attached hydrogens (tertiary/aromatic N) is 1. The lowest BCUT2D eigenvalue weighted by Gasteiger charge is -2.31. The van der Waals surface area contributed by atoms with Gasteiger partial charge in [0.05, 0.1) is 12.7 Å². The summed E-state index contributed by atoms with van der Waals surface area (Å²) < 4.78 is 5.43. The second-order valence-electron chi connectivity index (χ2n) is 4.50. The molecule has 0 spiro atoms. The third-order valence-electron chi connectivity index (χ3n) is 3.30. The van der Waals surface area contributed by atoms with Crippen molar-refractivity contribution in [1.82, 2.24) is 15.6 Å². The molecule has 0 aliphatic carbocycles. The highest BCUT2D eigenvalue weighted by molar-refractivity contribution is 5.78. The van der Waals surface area contributed by atoms with E-state index in [1.165, 1.54) is 0 Å². The number of hydrogen-bond acceptors (Lipinski definition) is 4. The second kappa shape index (κ2) is 5.31. The lowest BCUT2D eigenvalue weighted by atomic mass is 9.88. The zero-order valence-electron chi connectivity index (χ0n) is 10.3. The van der Waals surface area contributed by atoms with Gasteiger partial charge in [-0.15, -0.1) is 0 Å². The van der Waals surface area contributed by atoms with Crippen LogP contribution < -0.4 is 10.6 Å². The highest BCUT2D eigenvalue weighted by Crippen LogP contribution is 2.15. The Balaban J connectivity index is 1.78. The summed E-state index contributed by atoms with van der Waals surface area (Å²) in [6.45, 7) is 6.23. The molecule has 1 saturated heterocycles. The summed E-state index contributed by atoms with van der Waals surface area (Å²) in [6.07, 6.45) is 2.53. The summed E-state index contributed by atoms with van der Waals surface area (Å²) in [5.41, 5.74) is 0. The van der Waals surface area contributed by atoms with Crippen LogP contribution in [-0.2, 0) is 17.8 Å². The van der Waals surface area contributed by atoms with Crippen molar-refractivity contribution in [1.29, 1.82) is 0 Å². The monoisotopic (exact) mass is 237 g/mol. The summed E-state index contributed by atoms with van der Waals surface area (Å²) in [4.78, 5) is 15.9.